The van der Waals surface area contributed by atoms with Gasteiger partial charge in [-0.05, 0) is 37.8 Å². The smallest absolute Gasteiger partial charge is 0.212 e. The molecule has 0 saturated heterocycles. The van der Waals surface area contributed by atoms with E-state index in [4.69, 9.17) is 5.73 Å². The van der Waals surface area contributed by atoms with Crippen molar-refractivity contribution in [2.75, 3.05) is 17.2 Å². The second-order valence-electron chi connectivity index (χ2n) is 5.30. The molecule has 1 aliphatic carbocycles. The summed E-state index contributed by atoms with van der Waals surface area (Å²) >= 11 is 1.48. The number of nitrogens with two attached hydrogens (primary N) is 1. The first-order chi connectivity index (χ1) is 9.48. The molecule has 0 amide bonds. The van der Waals surface area contributed by atoms with E-state index in [9.17, 15) is 8.42 Å². The zero-order valence-electron chi connectivity index (χ0n) is 11.7. The van der Waals surface area contributed by atoms with Crippen LogP contribution >= 0.6 is 11.8 Å². The van der Waals surface area contributed by atoms with E-state index in [0.29, 0.717) is 17.4 Å². The lowest BCUT2D eigenvalue weighted by Crippen LogP contribution is -2.41. The van der Waals surface area contributed by atoms with Gasteiger partial charge < -0.3 is 5.73 Å². The van der Waals surface area contributed by atoms with Crippen LogP contribution in [0.2, 0.25) is 0 Å². The first kappa shape index (κ1) is 15.7. The van der Waals surface area contributed by atoms with Crippen molar-refractivity contribution < 1.29 is 8.42 Å². The summed E-state index contributed by atoms with van der Waals surface area (Å²) in [5.41, 5.74) is 6.53. The summed E-state index contributed by atoms with van der Waals surface area (Å²) in [6.45, 7) is 1.96. The standard InChI is InChI=1S/C14H22N2O2S2/c1-11(12-5-4-6-12)16-20(17,18)10-9-19-14-8-3-2-7-13(14)15/h2-3,7-8,11-12,16H,4-6,9-10,15H2,1H3. The highest BCUT2D eigenvalue weighted by Crippen LogP contribution is 2.29. The lowest BCUT2D eigenvalue weighted by Gasteiger charge is -2.31. The fourth-order valence-electron chi connectivity index (χ4n) is 2.25. The van der Waals surface area contributed by atoms with Crippen LogP contribution in [0.5, 0.6) is 0 Å². The highest BCUT2D eigenvalue weighted by atomic mass is 32.2. The van der Waals surface area contributed by atoms with Gasteiger partial charge in [0.2, 0.25) is 10.0 Å². The van der Waals surface area contributed by atoms with Crippen LogP contribution in [0.4, 0.5) is 5.69 Å². The maximum Gasteiger partial charge on any atom is 0.212 e. The quantitative estimate of drug-likeness (QED) is 0.599. The third-order valence-electron chi connectivity index (χ3n) is 3.75. The maximum absolute atomic E-state index is 12.0. The van der Waals surface area contributed by atoms with Gasteiger partial charge in [-0.3, -0.25) is 0 Å². The molecule has 1 aromatic carbocycles. The van der Waals surface area contributed by atoms with E-state index in [1.54, 1.807) is 0 Å². The van der Waals surface area contributed by atoms with Crippen LogP contribution in [-0.4, -0.2) is 26.0 Å². The van der Waals surface area contributed by atoms with E-state index in [1.807, 2.05) is 31.2 Å². The van der Waals surface area contributed by atoms with Gasteiger partial charge in [-0.2, -0.15) is 0 Å². The molecule has 3 N–H and O–H groups in total. The molecule has 0 spiro atoms. The molecule has 0 aromatic heterocycles. The van der Waals surface area contributed by atoms with Crippen LogP contribution in [0.3, 0.4) is 0 Å². The van der Waals surface area contributed by atoms with E-state index in [0.717, 1.165) is 17.7 Å². The molecular formula is C14H22N2O2S2. The SMILES string of the molecule is CC(NS(=O)(=O)CCSc1ccccc1N)C1CCC1. The third-order valence-corrected chi connectivity index (χ3v) is 6.57. The van der Waals surface area contributed by atoms with Gasteiger partial charge in [0, 0.05) is 22.4 Å². The Bertz CT molecular complexity index is 542. The summed E-state index contributed by atoms with van der Waals surface area (Å²) in [6, 6.07) is 7.58. The molecule has 112 valence electrons. The molecule has 1 aliphatic rings. The average Bonchev–Trinajstić information content (AvgIpc) is 2.28. The minimum atomic E-state index is -3.20. The molecule has 20 heavy (non-hydrogen) atoms. The zero-order chi connectivity index (χ0) is 14.6. The van der Waals surface area contributed by atoms with Gasteiger partial charge in [0.25, 0.3) is 0 Å². The van der Waals surface area contributed by atoms with Gasteiger partial charge in [-0.25, -0.2) is 13.1 Å². The molecule has 1 atom stereocenters. The van der Waals surface area contributed by atoms with Gasteiger partial charge in [0.05, 0.1) is 5.75 Å². The summed E-state index contributed by atoms with van der Waals surface area (Å²) in [7, 11) is -3.20. The van der Waals surface area contributed by atoms with E-state index in [-0.39, 0.29) is 11.8 Å². The number of thioether (sulfide) groups is 1. The van der Waals surface area contributed by atoms with E-state index < -0.39 is 10.0 Å². The molecule has 2 rings (SSSR count). The van der Waals surface area contributed by atoms with Gasteiger partial charge in [-0.1, -0.05) is 18.6 Å². The number of sulfonamides is 1. The average molecular weight is 314 g/mol. The topological polar surface area (TPSA) is 72.2 Å². The van der Waals surface area contributed by atoms with E-state index in [2.05, 4.69) is 4.72 Å². The molecule has 1 aromatic rings. The Morgan fingerprint density at radius 1 is 1.40 bits per heavy atom. The first-order valence-corrected chi connectivity index (χ1v) is 9.59. The summed E-state index contributed by atoms with van der Waals surface area (Å²) in [5, 5.41) is 0. The molecule has 4 nitrogen and oxygen atoms in total. The Morgan fingerprint density at radius 3 is 2.70 bits per heavy atom. The Labute approximate surface area is 125 Å². The third kappa shape index (κ3) is 4.40. The van der Waals surface area contributed by atoms with Crippen molar-refractivity contribution in [1.82, 2.24) is 4.72 Å². The van der Waals surface area contributed by atoms with Gasteiger partial charge in [-0.15, -0.1) is 11.8 Å². The molecule has 6 heteroatoms. The molecule has 1 unspecified atom stereocenters. The molecule has 0 bridgehead atoms. The number of nitrogen functional groups attached to an aromatic ring is 1. The Hall–Kier alpha value is -0.720. The van der Waals surface area contributed by atoms with Crippen LogP contribution in [0, 0.1) is 5.92 Å². The number of hydrogen-bond acceptors (Lipinski definition) is 4. The number of anilines is 1. The van der Waals surface area contributed by atoms with Crippen molar-refractivity contribution >= 4 is 27.5 Å². The van der Waals surface area contributed by atoms with Crippen LogP contribution in [-0.2, 0) is 10.0 Å². The fourth-order valence-corrected chi connectivity index (χ4v) is 4.97. The number of nitrogens with one attached hydrogen (secondary N) is 1. The van der Waals surface area contributed by atoms with Crippen molar-refractivity contribution in [2.24, 2.45) is 5.92 Å². The first-order valence-electron chi connectivity index (χ1n) is 6.95. The largest absolute Gasteiger partial charge is 0.398 e. The Kier molecular flexibility index (Phi) is 5.35. The highest BCUT2D eigenvalue weighted by molar-refractivity contribution is 8.00. The summed E-state index contributed by atoms with van der Waals surface area (Å²) in [6.07, 6.45) is 3.50. The summed E-state index contributed by atoms with van der Waals surface area (Å²) in [5.74, 6) is 1.16. The number of rotatable bonds is 7. The van der Waals surface area contributed by atoms with Crippen LogP contribution in [0.15, 0.2) is 29.2 Å². The minimum absolute atomic E-state index is 0.0561. The number of para-hydroxylation sites is 1. The van der Waals surface area contributed by atoms with Crippen molar-refractivity contribution in [3.8, 4) is 0 Å². The minimum Gasteiger partial charge on any atom is -0.398 e. The number of hydrogen-bond donors (Lipinski definition) is 2. The van der Waals surface area contributed by atoms with Crippen LogP contribution in [0.1, 0.15) is 26.2 Å². The Balaban J connectivity index is 1.79. The second kappa shape index (κ2) is 6.83. The molecular weight excluding hydrogens is 292 g/mol. The number of benzene rings is 1. The van der Waals surface area contributed by atoms with Gasteiger partial charge >= 0.3 is 0 Å². The lowest BCUT2D eigenvalue weighted by molar-refractivity contribution is 0.260. The van der Waals surface area contributed by atoms with Gasteiger partial charge in [0.15, 0.2) is 0 Å². The lowest BCUT2D eigenvalue weighted by atomic mass is 9.81. The fraction of sp³-hybridized carbons (Fsp3) is 0.571. The molecule has 1 saturated carbocycles. The van der Waals surface area contributed by atoms with Crippen LogP contribution < -0.4 is 10.5 Å². The van der Waals surface area contributed by atoms with Crippen molar-refractivity contribution in [2.45, 2.75) is 37.1 Å². The van der Waals surface area contributed by atoms with Gasteiger partial charge in [0.1, 0.15) is 0 Å². The molecule has 0 heterocycles. The summed E-state index contributed by atoms with van der Waals surface area (Å²) < 4.78 is 26.8. The highest BCUT2D eigenvalue weighted by Gasteiger charge is 2.26. The molecule has 0 aliphatic heterocycles. The maximum atomic E-state index is 12.0. The Morgan fingerprint density at radius 2 is 2.10 bits per heavy atom. The second-order valence-corrected chi connectivity index (χ2v) is 8.31. The normalized spacial score (nSPS) is 17.6. The van der Waals surface area contributed by atoms with Crippen molar-refractivity contribution in [3.63, 3.8) is 0 Å². The predicted octanol–water partition coefficient (Wildman–Crippen LogP) is 2.47. The van der Waals surface area contributed by atoms with Crippen LogP contribution in [0.25, 0.3) is 0 Å². The van der Waals surface area contributed by atoms with E-state index >= 15 is 0 Å². The predicted molar refractivity (Wildman–Crippen MR) is 85.3 cm³/mol. The van der Waals surface area contributed by atoms with E-state index in [1.165, 1.54) is 18.2 Å². The zero-order valence-corrected chi connectivity index (χ0v) is 13.3. The van der Waals surface area contributed by atoms with Crippen molar-refractivity contribution in [3.05, 3.63) is 24.3 Å². The summed E-state index contributed by atoms with van der Waals surface area (Å²) in [4.78, 5) is 0.940. The molecule has 1 fully saturated rings. The molecule has 0 radical (unpaired) electrons. The monoisotopic (exact) mass is 314 g/mol. The van der Waals surface area contributed by atoms with Crippen molar-refractivity contribution in [1.29, 1.82) is 0 Å².